The smallest absolute Gasteiger partial charge is 0.417 e. The first-order chi connectivity index (χ1) is 12.7. The van der Waals surface area contributed by atoms with Crippen LogP contribution in [0.15, 0.2) is 34.7 Å². The van der Waals surface area contributed by atoms with Gasteiger partial charge in [0.05, 0.1) is 0 Å². The van der Waals surface area contributed by atoms with E-state index in [-0.39, 0.29) is 31.8 Å². The van der Waals surface area contributed by atoms with E-state index in [2.05, 4.69) is 19.9 Å². The van der Waals surface area contributed by atoms with Crippen molar-refractivity contribution in [2.75, 3.05) is 18.0 Å². The summed E-state index contributed by atoms with van der Waals surface area (Å²) in [7, 11) is 0. The minimum Gasteiger partial charge on any atom is -0.417 e. The van der Waals surface area contributed by atoms with E-state index in [1.54, 1.807) is 30.3 Å². The van der Waals surface area contributed by atoms with Gasteiger partial charge in [-0.2, -0.15) is 13.2 Å². The molecule has 8 nitrogen and oxygen atoms in total. The SMILES string of the molecule is O=C(NCCc1nnc(C(F)(F)F)o1)C1(O)CCN(c2ccccc2)C1=O. The number of hydrogen-bond donors (Lipinski definition) is 2. The molecule has 3 rings (SSSR count). The fraction of sp³-hybridized carbons (Fsp3) is 0.375. The van der Waals surface area contributed by atoms with Crippen LogP contribution < -0.4 is 10.2 Å². The molecule has 1 aromatic carbocycles. The molecule has 0 bridgehead atoms. The molecule has 1 fully saturated rings. The molecule has 1 atom stereocenters. The molecule has 1 aromatic heterocycles. The van der Waals surface area contributed by atoms with Crippen LogP contribution in [0.2, 0.25) is 0 Å². The highest BCUT2D eigenvalue weighted by Crippen LogP contribution is 2.29. The van der Waals surface area contributed by atoms with Crippen molar-refractivity contribution in [2.45, 2.75) is 24.6 Å². The molecule has 11 heteroatoms. The molecule has 144 valence electrons. The maximum atomic E-state index is 12.5. The number of carbonyl (C=O) groups is 2. The Hall–Kier alpha value is -2.95. The van der Waals surface area contributed by atoms with Crippen LogP contribution in [-0.4, -0.2) is 45.8 Å². The molecule has 1 aliphatic rings. The van der Waals surface area contributed by atoms with E-state index >= 15 is 0 Å². The summed E-state index contributed by atoms with van der Waals surface area (Å²) in [4.78, 5) is 26.0. The predicted octanol–water partition coefficient (Wildman–Crippen LogP) is 0.915. The van der Waals surface area contributed by atoms with E-state index in [0.29, 0.717) is 5.69 Å². The van der Waals surface area contributed by atoms with E-state index in [0.717, 1.165) is 0 Å². The Kier molecular flexibility index (Phi) is 4.87. The largest absolute Gasteiger partial charge is 0.470 e. The molecular weight excluding hydrogens is 369 g/mol. The normalized spacial score (nSPS) is 20.1. The molecule has 0 aliphatic carbocycles. The van der Waals surface area contributed by atoms with Crippen molar-refractivity contribution in [1.82, 2.24) is 15.5 Å². The summed E-state index contributed by atoms with van der Waals surface area (Å²) >= 11 is 0. The highest BCUT2D eigenvalue weighted by atomic mass is 19.4. The third kappa shape index (κ3) is 3.77. The van der Waals surface area contributed by atoms with Crippen molar-refractivity contribution in [3.8, 4) is 0 Å². The topological polar surface area (TPSA) is 109 Å². The van der Waals surface area contributed by atoms with Gasteiger partial charge in [-0.15, -0.1) is 10.2 Å². The van der Waals surface area contributed by atoms with Crippen LogP contribution in [0, 0.1) is 0 Å². The Bertz CT molecular complexity index is 840. The highest BCUT2D eigenvalue weighted by molar-refractivity contribution is 6.16. The fourth-order valence-corrected chi connectivity index (χ4v) is 2.67. The summed E-state index contributed by atoms with van der Waals surface area (Å²) in [5, 5.41) is 18.9. The minimum absolute atomic E-state index is 0.106. The number of amides is 2. The van der Waals surface area contributed by atoms with Crippen LogP contribution in [0.4, 0.5) is 18.9 Å². The van der Waals surface area contributed by atoms with Gasteiger partial charge < -0.3 is 19.7 Å². The average molecular weight is 384 g/mol. The number of rotatable bonds is 5. The fourth-order valence-electron chi connectivity index (χ4n) is 2.67. The summed E-state index contributed by atoms with van der Waals surface area (Å²) in [6.07, 6.45) is -5.03. The van der Waals surface area contributed by atoms with Crippen LogP contribution in [0.25, 0.3) is 0 Å². The van der Waals surface area contributed by atoms with E-state index < -0.39 is 29.5 Å². The van der Waals surface area contributed by atoms with Gasteiger partial charge in [0.1, 0.15) is 0 Å². The number of carbonyl (C=O) groups excluding carboxylic acids is 2. The van der Waals surface area contributed by atoms with E-state index in [1.165, 1.54) is 4.90 Å². The molecular formula is C16H15F3N4O4. The molecule has 27 heavy (non-hydrogen) atoms. The second kappa shape index (κ2) is 6.99. The highest BCUT2D eigenvalue weighted by Gasteiger charge is 2.51. The zero-order valence-corrected chi connectivity index (χ0v) is 13.9. The number of para-hydroxylation sites is 1. The third-order valence-electron chi connectivity index (χ3n) is 4.07. The minimum atomic E-state index is -4.75. The zero-order valence-electron chi connectivity index (χ0n) is 13.9. The zero-order chi connectivity index (χ0) is 19.7. The molecule has 0 saturated carbocycles. The van der Waals surface area contributed by atoms with Crippen molar-refractivity contribution in [1.29, 1.82) is 0 Å². The molecule has 1 unspecified atom stereocenters. The molecule has 2 N–H and O–H groups in total. The summed E-state index contributed by atoms with van der Waals surface area (Å²) in [6, 6.07) is 8.56. The first-order valence-corrected chi connectivity index (χ1v) is 7.99. The van der Waals surface area contributed by atoms with Gasteiger partial charge in [0.2, 0.25) is 11.5 Å². The summed E-state index contributed by atoms with van der Waals surface area (Å²) in [5.41, 5.74) is -1.68. The van der Waals surface area contributed by atoms with Crippen molar-refractivity contribution in [3.05, 3.63) is 42.1 Å². The number of benzene rings is 1. The van der Waals surface area contributed by atoms with E-state index in [9.17, 15) is 27.9 Å². The molecule has 2 heterocycles. The maximum absolute atomic E-state index is 12.5. The maximum Gasteiger partial charge on any atom is 0.470 e. The Morgan fingerprint density at radius 3 is 2.63 bits per heavy atom. The van der Waals surface area contributed by atoms with E-state index in [4.69, 9.17) is 0 Å². The van der Waals surface area contributed by atoms with E-state index in [1.807, 2.05) is 0 Å². The number of nitrogens with one attached hydrogen (secondary N) is 1. The second-order valence-corrected chi connectivity index (χ2v) is 5.91. The van der Waals surface area contributed by atoms with Crippen molar-refractivity contribution in [2.24, 2.45) is 0 Å². The summed E-state index contributed by atoms with van der Waals surface area (Å²) in [6.45, 7) is -0.0232. The molecule has 1 aliphatic heterocycles. The number of halogens is 3. The first-order valence-electron chi connectivity index (χ1n) is 7.99. The second-order valence-electron chi connectivity index (χ2n) is 5.91. The van der Waals surface area contributed by atoms with Crippen molar-refractivity contribution in [3.63, 3.8) is 0 Å². The standard InChI is InChI=1S/C16H15F3N4O4/c17-16(18,19)13-22-21-11(27-13)6-8-20-12(24)15(26)7-9-23(14(15)25)10-4-2-1-3-5-10/h1-5,26H,6-9H2,(H,20,24). The van der Waals surface area contributed by atoms with Gasteiger partial charge in [-0.05, 0) is 12.1 Å². The van der Waals surface area contributed by atoms with Crippen LogP contribution in [0.1, 0.15) is 18.2 Å². The predicted molar refractivity (Wildman–Crippen MR) is 84.4 cm³/mol. The van der Waals surface area contributed by atoms with Crippen LogP contribution in [0.5, 0.6) is 0 Å². The van der Waals surface area contributed by atoms with Gasteiger partial charge in [0.15, 0.2) is 0 Å². The monoisotopic (exact) mass is 384 g/mol. The molecule has 0 spiro atoms. The number of nitrogens with zero attached hydrogens (tertiary/aromatic N) is 3. The van der Waals surface area contributed by atoms with Crippen LogP contribution in [0.3, 0.4) is 0 Å². The lowest BCUT2D eigenvalue weighted by Gasteiger charge is -2.21. The lowest BCUT2D eigenvalue weighted by atomic mass is 10.0. The number of anilines is 1. The van der Waals surface area contributed by atoms with Gasteiger partial charge in [-0.25, -0.2) is 0 Å². The quantitative estimate of drug-likeness (QED) is 0.742. The number of aromatic nitrogens is 2. The van der Waals surface area contributed by atoms with Gasteiger partial charge in [-0.3, -0.25) is 9.59 Å². The average Bonchev–Trinajstić information content (AvgIpc) is 3.22. The lowest BCUT2D eigenvalue weighted by molar-refractivity contribution is -0.157. The first kappa shape index (κ1) is 18.8. The van der Waals surface area contributed by atoms with Gasteiger partial charge >= 0.3 is 12.1 Å². The van der Waals surface area contributed by atoms with Gasteiger partial charge in [0, 0.05) is 31.6 Å². The van der Waals surface area contributed by atoms with Crippen molar-refractivity contribution < 1.29 is 32.3 Å². The Morgan fingerprint density at radius 2 is 2.00 bits per heavy atom. The number of aliphatic hydroxyl groups is 1. The van der Waals surface area contributed by atoms with Gasteiger partial charge in [0.25, 0.3) is 11.8 Å². The Balaban J connectivity index is 1.58. The summed E-state index contributed by atoms with van der Waals surface area (Å²) in [5.74, 6) is -3.49. The molecule has 1 saturated heterocycles. The third-order valence-corrected chi connectivity index (χ3v) is 4.07. The van der Waals surface area contributed by atoms with Crippen molar-refractivity contribution >= 4 is 17.5 Å². The summed E-state index contributed by atoms with van der Waals surface area (Å²) < 4.78 is 41.6. The Labute approximate surface area is 151 Å². The molecule has 0 radical (unpaired) electrons. The molecule has 2 aromatic rings. The van der Waals surface area contributed by atoms with Gasteiger partial charge in [-0.1, -0.05) is 18.2 Å². The van der Waals surface area contributed by atoms with Crippen LogP contribution in [-0.2, 0) is 22.2 Å². The Morgan fingerprint density at radius 1 is 1.30 bits per heavy atom. The lowest BCUT2D eigenvalue weighted by Crippen LogP contribution is -2.52. The number of alkyl halides is 3. The van der Waals surface area contributed by atoms with Crippen LogP contribution >= 0.6 is 0 Å². The number of hydrogen-bond acceptors (Lipinski definition) is 6. The molecule has 2 amide bonds.